The Labute approximate surface area is 94.3 Å². The van der Waals surface area contributed by atoms with Crippen LogP contribution in [0.4, 0.5) is 0 Å². The van der Waals surface area contributed by atoms with E-state index in [0.717, 1.165) is 16.5 Å². The highest BCUT2D eigenvalue weighted by Gasteiger charge is 2.14. The number of carbonyl (C=O) groups is 1. The molecule has 1 atom stereocenters. The maximum absolute atomic E-state index is 10.9. The third-order valence-electron chi connectivity index (χ3n) is 3.18. The summed E-state index contributed by atoms with van der Waals surface area (Å²) in [5, 5.41) is 10.1. The third kappa shape index (κ3) is 1.58. The Bertz CT molecular complexity index is 554. The van der Waals surface area contributed by atoms with Gasteiger partial charge in [0.15, 0.2) is 0 Å². The van der Waals surface area contributed by atoms with Crippen molar-refractivity contribution < 1.29 is 9.90 Å². The van der Waals surface area contributed by atoms with E-state index in [2.05, 4.69) is 10.6 Å². The molecule has 0 saturated heterocycles. The second-order valence-corrected chi connectivity index (χ2v) is 4.22. The summed E-state index contributed by atoms with van der Waals surface area (Å²) < 4.78 is 2.10. The highest BCUT2D eigenvalue weighted by molar-refractivity contribution is 5.84. The molecule has 1 unspecified atom stereocenters. The van der Waals surface area contributed by atoms with Gasteiger partial charge in [0.25, 0.3) is 0 Å². The normalized spacial score (nSPS) is 12.9. The minimum atomic E-state index is -0.785. The molecule has 1 aromatic heterocycles. The largest absolute Gasteiger partial charge is 0.481 e. The van der Waals surface area contributed by atoms with Gasteiger partial charge in [-0.15, -0.1) is 0 Å². The van der Waals surface area contributed by atoms with E-state index in [1.165, 1.54) is 5.69 Å². The number of aliphatic carboxylic acids is 1. The summed E-state index contributed by atoms with van der Waals surface area (Å²) in [5.74, 6) is -1.24. The quantitative estimate of drug-likeness (QED) is 0.840. The number of carboxylic acid groups (broad SMARTS) is 1. The average Bonchev–Trinajstić information content (AvgIpc) is 2.53. The molecule has 0 amide bonds. The Morgan fingerprint density at radius 1 is 1.38 bits per heavy atom. The number of aryl methyl sites for hydroxylation is 2. The second-order valence-electron chi connectivity index (χ2n) is 4.22. The Morgan fingerprint density at radius 3 is 2.69 bits per heavy atom. The van der Waals surface area contributed by atoms with Crippen molar-refractivity contribution in [3.05, 3.63) is 35.5 Å². The van der Waals surface area contributed by atoms with Crippen molar-refractivity contribution in [2.45, 2.75) is 19.8 Å². The average molecular weight is 217 g/mol. The maximum Gasteiger partial charge on any atom is 0.310 e. The number of aromatic nitrogens is 1. The smallest absolute Gasteiger partial charge is 0.310 e. The monoisotopic (exact) mass is 217 g/mol. The number of nitrogens with zero attached hydrogens (tertiary/aromatic N) is 1. The molecule has 0 spiro atoms. The number of hydrogen-bond acceptors (Lipinski definition) is 1. The molecular weight excluding hydrogens is 202 g/mol. The van der Waals surface area contributed by atoms with Crippen LogP contribution in [0.25, 0.3) is 10.9 Å². The first kappa shape index (κ1) is 10.7. The van der Waals surface area contributed by atoms with Crippen molar-refractivity contribution in [2.24, 2.45) is 7.05 Å². The van der Waals surface area contributed by atoms with E-state index in [1.54, 1.807) is 6.92 Å². The lowest BCUT2D eigenvalue weighted by atomic mass is 10.00. The maximum atomic E-state index is 10.9. The molecule has 1 heterocycles. The minimum Gasteiger partial charge on any atom is -0.481 e. The molecule has 84 valence electrons. The predicted molar refractivity (Wildman–Crippen MR) is 63.7 cm³/mol. The summed E-state index contributed by atoms with van der Waals surface area (Å²) in [5.41, 5.74) is 3.17. The molecule has 0 aliphatic carbocycles. The Morgan fingerprint density at radius 2 is 2.06 bits per heavy atom. The lowest BCUT2D eigenvalue weighted by Crippen LogP contribution is -2.07. The summed E-state index contributed by atoms with van der Waals surface area (Å²) in [6.07, 6.45) is 0. The number of fused-ring (bicyclic) bond motifs is 1. The van der Waals surface area contributed by atoms with Gasteiger partial charge in [-0.05, 0) is 37.6 Å². The predicted octanol–water partition coefficient (Wildman–Crippen LogP) is 2.67. The van der Waals surface area contributed by atoms with Crippen LogP contribution in [0.3, 0.4) is 0 Å². The lowest BCUT2D eigenvalue weighted by molar-refractivity contribution is -0.138. The molecule has 0 saturated carbocycles. The molecule has 0 fully saturated rings. The van der Waals surface area contributed by atoms with Crippen molar-refractivity contribution in [1.29, 1.82) is 0 Å². The molecule has 0 radical (unpaired) electrons. The van der Waals surface area contributed by atoms with Gasteiger partial charge in [-0.25, -0.2) is 0 Å². The first-order valence-corrected chi connectivity index (χ1v) is 5.29. The zero-order valence-electron chi connectivity index (χ0n) is 9.69. The van der Waals surface area contributed by atoms with Crippen LogP contribution in [-0.2, 0) is 11.8 Å². The molecule has 3 heteroatoms. The second kappa shape index (κ2) is 3.67. The van der Waals surface area contributed by atoms with Gasteiger partial charge in [0.05, 0.1) is 5.92 Å². The van der Waals surface area contributed by atoms with Gasteiger partial charge in [0.2, 0.25) is 0 Å². The van der Waals surface area contributed by atoms with Crippen molar-refractivity contribution >= 4 is 16.9 Å². The summed E-state index contributed by atoms with van der Waals surface area (Å²) in [6.45, 7) is 3.75. The van der Waals surface area contributed by atoms with Crippen LogP contribution in [0.2, 0.25) is 0 Å². The molecule has 1 aromatic carbocycles. The van der Waals surface area contributed by atoms with Crippen LogP contribution in [0.15, 0.2) is 24.3 Å². The zero-order valence-corrected chi connectivity index (χ0v) is 9.69. The van der Waals surface area contributed by atoms with Gasteiger partial charge in [-0.2, -0.15) is 0 Å². The molecule has 1 N–H and O–H groups in total. The van der Waals surface area contributed by atoms with Crippen molar-refractivity contribution in [2.75, 3.05) is 0 Å². The number of carboxylic acids is 1. The first-order chi connectivity index (χ1) is 7.50. The molecule has 3 nitrogen and oxygen atoms in total. The van der Waals surface area contributed by atoms with E-state index in [-0.39, 0.29) is 0 Å². The molecule has 0 bridgehead atoms. The minimum absolute atomic E-state index is 0.454. The fraction of sp³-hybridized carbons (Fsp3) is 0.308. The Balaban J connectivity index is 2.56. The molecule has 16 heavy (non-hydrogen) atoms. The zero-order chi connectivity index (χ0) is 11.9. The topological polar surface area (TPSA) is 42.2 Å². The first-order valence-electron chi connectivity index (χ1n) is 5.29. The SMILES string of the molecule is Cc1cc2cc(C(C)C(=O)O)ccc2n1C. The van der Waals surface area contributed by atoms with Crippen LogP contribution in [0.1, 0.15) is 24.1 Å². The standard InChI is InChI=1S/C13H15NO2/c1-8-6-11-7-10(9(2)13(15)16)4-5-12(11)14(8)3/h4-7,9H,1-3H3,(H,15,16). The van der Waals surface area contributed by atoms with E-state index >= 15 is 0 Å². The van der Waals surface area contributed by atoms with Gasteiger partial charge in [0.1, 0.15) is 0 Å². The van der Waals surface area contributed by atoms with Gasteiger partial charge in [-0.3, -0.25) is 4.79 Å². The molecule has 0 aliphatic heterocycles. The van der Waals surface area contributed by atoms with Crippen LogP contribution in [0, 0.1) is 6.92 Å². The van der Waals surface area contributed by atoms with E-state index < -0.39 is 11.9 Å². The van der Waals surface area contributed by atoms with E-state index in [0.29, 0.717) is 0 Å². The Kier molecular flexibility index (Phi) is 2.46. The number of hydrogen-bond donors (Lipinski definition) is 1. The molecule has 0 aliphatic rings. The van der Waals surface area contributed by atoms with Gasteiger partial charge < -0.3 is 9.67 Å². The van der Waals surface area contributed by atoms with Gasteiger partial charge in [-0.1, -0.05) is 6.07 Å². The van der Waals surface area contributed by atoms with E-state index in [1.807, 2.05) is 32.2 Å². The molecular formula is C13H15NO2. The van der Waals surface area contributed by atoms with Crippen molar-refractivity contribution in [3.8, 4) is 0 Å². The summed E-state index contributed by atoms with van der Waals surface area (Å²) in [4.78, 5) is 10.9. The van der Waals surface area contributed by atoms with Gasteiger partial charge >= 0.3 is 5.97 Å². The van der Waals surface area contributed by atoms with Crippen LogP contribution in [0.5, 0.6) is 0 Å². The van der Waals surface area contributed by atoms with Crippen LogP contribution < -0.4 is 0 Å². The summed E-state index contributed by atoms with van der Waals surface area (Å²) >= 11 is 0. The van der Waals surface area contributed by atoms with E-state index in [9.17, 15) is 4.79 Å². The van der Waals surface area contributed by atoms with Crippen LogP contribution >= 0.6 is 0 Å². The highest BCUT2D eigenvalue weighted by atomic mass is 16.4. The lowest BCUT2D eigenvalue weighted by Gasteiger charge is -2.06. The highest BCUT2D eigenvalue weighted by Crippen LogP contribution is 2.24. The third-order valence-corrected chi connectivity index (χ3v) is 3.18. The van der Waals surface area contributed by atoms with Crippen molar-refractivity contribution in [3.63, 3.8) is 0 Å². The van der Waals surface area contributed by atoms with E-state index in [4.69, 9.17) is 5.11 Å². The van der Waals surface area contributed by atoms with Gasteiger partial charge in [0, 0.05) is 23.6 Å². The number of benzene rings is 1. The number of rotatable bonds is 2. The molecule has 2 aromatic rings. The van der Waals surface area contributed by atoms with Crippen LogP contribution in [-0.4, -0.2) is 15.6 Å². The molecule has 2 rings (SSSR count). The summed E-state index contributed by atoms with van der Waals surface area (Å²) in [7, 11) is 2.01. The van der Waals surface area contributed by atoms with Crippen molar-refractivity contribution in [1.82, 2.24) is 4.57 Å². The summed E-state index contributed by atoms with van der Waals surface area (Å²) in [6, 6.07) is 7.91. The fourth-order valence-electron chi connectivity index (χ4n) is 1.92. The fourth-order valence-corrected chi connectivity index (χ4v) is 1.92. The Hall–Kier alpha value is -1.77.